The van der Waals surface area contributed by atoms with Crippen molar-refractivity contribution in [2.75, 3.05) is 19.1 Å². The third-order valence-corrected chi connectivity index (χ3v) is 2.69. The van der Waals surface area contributed by atoms with Crippen molar-refractivity contribution in [3.63, 3.8) is 0 Å². The summed E-state index contributed by atoms with van der Waals surface area (Å²) >= 11 is 1.68. The van der Waals surface area contributed by atoms with Crippen LogP contribution < -0.4 is 10.5 Å². The van der Waals surface area contributed by atoms with E-state index in [1.54, 1.807) is 18.9 Å². The van der Waals surface area contributed by atoms with Crippen LogP contribution in [0, 0.1) is 6.92 Å². The predicted molar refractivity (Wildman–Crippen MR) is 53.9 cm³/mol. The van der Waals surface area contributed by atoms with Crippen LogP contribution in [0.3, 0.4) is 0 Å². The van der Waals surface area contributed by atoms with Crippen LogP contribution in [0.1, 0.15) is 5.56 Å². The van der Waals surface area contributed by atoms with Crippen LogP contribution in [0.5, 0.6) is 5.75 Å². The molecule has 0 bridgehead atoms. The van der Waals surface area contributed by atoms with Gasteiger partial charge in [-0.05, 0) is 24.8 Å². The minimum Gasteiger partial charge on any atom is -0.497 e. The van der Waals surface area contributed by atoms with E-state index in [4.69, 9.17) is 10.5 Å². The van der Waals surface area contributed by atoms with Crippen molar-refractivity contribution in [1.29, 1.82) is 0 Å². The van der Waals surface area contributed by atoms with Crippen molar-refractivity contribution in [2.24, 2.45) is 0 Å². The van der Waals surface area contributed by atoms with Crippen molar-refractivity contribution in [2.45, 2.75) is 11.8 Å². The third kappa shape index (κ3) is 1.67. The Hall–Kier alpha value is -0.830. The Morgan fingerprint density at radius 3 is 2.58 bits per heavy atom. The zero-order chi connectivity index (χ0) is 9.14. The van der Waals surface area contributed by atoms with Crippen LogP contribution in [0.4, 0.5) is 5.69 Å². The van der Waals surface area contributed by atoms with Gasteiger partial charge in [0, 0.05) is 16.6 Å². The van der Waals surface area contributed by atoms with Gasteiger partial charge < -0.3 is 10.5 Å². The first kappa shape index (κ1) is 9.26. The summed E-state index contributed by atoms with van der Waals surface area (Å²) in [6, 6.07) is 3.84. The SMILES string of the molecule is COc1cc(N)c(C)c(SC)c1. The van der Waals surface area contributed by atoms with E-state index in [1.807, 2.05) is 25.3 Å². The normalized spacial score (nSPS) is 9.92. The molecule has 0 spiro atoms. The van der Waals surface area contributed by atoms with Gasteiger partial charge in [-0.15, -0.1) is 11.8 Å². The van der Waals surface area contributed by atoms with Gasteiger partial charge in [0.05, 0.1) is 7.11 Å². The average molecular weight is 183 g/mol. The molecule has 0 aliphatic heterocycles. The van der Waals surface area contributed by atoms with E-state index in [1.165, 1.54) is 4.90 Å². The largest absolute Gasteiger partial charge is 0.497 e. The highest BCUT2D eigenvalue weighted by Gasteiger charge is 2.03. The molecule has 66 valence electrons. The molecule has 1 aromatic carbocycles. The first-order valence-corrected chi connectivity index (χ1v) is 4.89. The predicted octanol–water partition coefficient (Wildman–Crippen LogP) is 2.31. The van der Waals surface area contributed by atoms with E-state index in [0.717, 1.165) is 17.0 Å². The molecule has 0 unspecified atom stereocenters. The molecule has 0 aliphatic rings. The number of thioether (sulfide) groups is 1. The van der Waals surface area contributed by atoms with Gasteiger partial charge in [-0.3, -0.25) is 0 Å². The first-order valence-electron chi connectivity index (χ1n) is 3.67. The molecule has 12 heavy (non-hydrogen) atoms. The van der Waals surface area contributed by atoms with Crippen molar-refractivity contribution in [3.05, 3.63) is 17.7 Å². The molecule has 1 rings (SSSR count). The lowest BCUT2D eigenvalue weighted by Gasteiger charge is -2.08. The Balaban J connectivity index is 3.19. The van der Waals surface area contributed by atoms with Gasteiger partial charge in [-0.1, -0.05) is 0 Å². The van der Waals surface area contributed by atoms with Crippen molar-refractivity contribution in [1.82, 2.24) is 0 Å². The maximum atomic E-state index is 5.78. The summed E-state index contributed by atoms with van der Waals surface area (Å²) in [7, 11) is 1.65. The smallest absolute Gasteiger partial charge is 0.122 e. The minimum atomic E-state index is 0.790. The summed E-state index contributed by atoms with van der Waals surface area (Å²) in [5.74, 6) is 0.822. The van der Waals surface area contributed by atoms with Gasteiger partial charge in [0.1, 0.15) is 5.75 Å². The van der Waals surface area contributed by atoms with Gasteiger partial charge in [0.2, 0.25) is 0 Å². The maximum Gasteiger partial charge on any atom is 0.122 e. The summed E-state index contributed by atoms with van der Waals surface area (Å²) < 4.78 is 5.10. The number of hydrogen-bond acceptors (Lipinski definition) is 3. The highest BCUT2D eigenvalue weighted by Crippen LogP contribution is 2.29. The van der Waals surface area contributed by atoms with E-state index >= 15 is 0 Å². The fourth-order valence-electron chi connectivity index (χ4n) is 1.01. The Labute approximate surface area is 77.1 Å². The Morgan fingerprint density at radius 2 is 2.08 bits per heavy atom. The lowest BCUT2D eigenvalue weighted by Crippen LogP contribution is -1.93. The van der Waals surface area contributed by atoms with E-state index in [9.17, 15) is 0 Å². The number of nitrogen functional groups attached to an aromatic ring is 1. The van der Waals surface area contributed by atoms with Crippen LogP contribution in [0.2, 0.25) is 0 Å². The quantitative estimate of drug-likeness (QED) is 0.564. The van der Waals surface area contributed by atoms with Gasteiger partial charge in [-0.2, -0.15) is 0 Å². The number of benzene rings is 1. The monoisotopic (exact) mass is 183 g/mol. The lowest BCUT2D eigenvalue weighted by atomic mass is 10.2. The molecule has 2 N–H and O–H groups in total. The number of ether oxygens (including phenoxy) is 1. The second-order valence-corrected chi connectivity index (χ2v) is 3.39. The fraction of sp³-hybridized carbons (Fsp3) is 0.333. The van der Waals surface area contributed by atoms with Crippen molar-refractivity contribution >= 4 is 17.4 Å². The third-order valence-electron chi connectivity index (χ3n) is 1.83. The Morgan fingerprint density at radius 1 is 1.42 bits per heavy atom. The topological polar surface area (TPSA) is 35.2 Å². The van der Waals surface area contributed by atoms with Crippen LogP contribution >= 0.6 is 11.8 Å². The Bertz CT molecular complexity index is 286. The molecular formula is C9H13NOS. The summed E-state index contributed by atoms with van der Waals surface area (Å²) in [6.45, 7) is 2.01. The molecule has 0 heterocycles. The molecule has 3 heteroatoms. The summed E-state index contributed by atoms with van der Waals surface area (Å²) in [5.41, 5.74) is 7.70. The van der Waals surface area contributed by atoms with Gasteiger partial charge in [-0.25, -0.2) is 0 Å². The lowest BCUT2D eigenvalue weighted by molar-refractivity contribution is 0.414. The number of nitrogens with two attached hydrogens (primary N) is 1. The van der Waals surface area contributed by atoms with Crippen LogP contribution in [-0.2, 0) is 0 Å². The second-order valence-electron chi connectivity index (χ2n) is 2.54. The molecule has 2 nitrogen and oxygen atoms in total. The molecule has 0 saturated heterocycles. The fourth-order valence-corrected chi connectivity index (χ4v) is 1.67. The zero-order valence-electron chi connectivity index (χ0n) is 7.55. The first-order chi connectivity index (χ1) is 5.69. The molecule has 0 amide bonds. The molecule has 0 fully saturated rings. The molecule has 0 atom stereocenters. The Kier molecular flexibility index (Phi) is 2.87. The average Bonchev–Trinajstić information content (AvgIpc) is 2.09. The highest BCUT2D eigenvalue weighted by molar-refractivity contribution is 7.98. The zero-order valence-corrected chi connectivity index (χ0v) is 8.37. The van der Waals surface area contributed by atoms with Crippen molar-refractivity contribution < 1.29 is 4.74 Å². The van der Waals surface area contributed by atoms with E-state index in [-0.39, 0.29) is 0 Å². The number of anilines is 1. The van der Waals surface area contributed by atoms with E-state index in [0.29, 0.717) is 0 Å². The second kappa shape index (κ2) is 3.72. The van der Waals surface area contributed by atoms with Gasteiger partial charge in [0.25, 0.3) is 0 Å². The number of hydrogen-bond donors (Lipinski definition) is 1. The maximum absolute atomic E-state index is 5.78. The molecule has 0 radical (unpaired) electrons. The molecule has 0 aromatic heterocycles. The molecule has 1 aromatic rings. The molecule has 0 aliphatic carbocycles. The van der Waals surface area contributed by atoms with Crippen LogP contribution in [0.25, 0.3) is 0 Å². The minimum absolute atomic E-state index is 0.790. The number of methoxy groups -OCH3 is 1. The summed E-state index contributed by atoms with van der Waals surface area (Å²) in [6.07, 6.45) is 2.03. The van der Waals surface area contributed by atoms with Gasteiger partial charge >= 0.3 is 0 Å². The highest BCUT2D eigenvalue weighted by atomic mass is 32.2. The molecular weight excluding hydrogens is 170 g/mol. The van der Waals surface area contributed by atoms with Crippen LogP contribution in [-0.4, -0.2) is 13.4 Å². The van der Waals surface area contributed by atoms with Gasteiger partial charge in [0.15, 0.2) is 0 Å². The van der Waals surface area contributed by atoms with E-state index in [2.05, 4.69) is 0 Å². The molecule has 0 saturated carbocycles. The summed E-state index contributed by atoms with van der Waals surface area (Å²) in [4.78, 5) is 1.17. The summed E-state index contributed by atoms with van der Waals surface area (Å²) in [5, 5.41) is 0. The van der Waals surface area contributed by atoms with E-state index < -0.39 is 0 Å². The van der Waals surface area contributed by atoms with Crippen molar-refractivity contribution in [3.8, 4) is 5.75 Å². The number of rotatable bonds is 2. The van der Waals surface area contributed by atoms with Crippen LogP contribution in [0.15, 0.2) is 17.0 Å². The standard InChI is InChI=1S/C9H13NOS/c1-6-8(10)4-7(11-2)5-9(6)12-3/h4-5H,10H2,1-3H3.